The summed E-state index contributed by atoms with van der Waals surface area (Å²) >= 11 is 0. The van der Waals surface area contributed by atoms with Crippen LogP contribution in [0.4, 0.5) is 0 Å². The Balaban J connectivity index is 1.80. The Morgan fingerprint density at radius 2 is 1.72 bits per heavy atom. The van der Waals surface area contributed by atoms with Gasteiger partial charge in [0.2, 0.25) is 0 Å². The van der Waals surface area contributed by atoms with E-state index in [1.165, 1.54) is 0 Å². The molecule has 0 fully saturated rings. The fourth-order valence-electron chi connectivity index (χ4n) is 2.06. The first kappa shape index (κ1) is 18.5. The van der Waals surface area contributed by atoms with E-state index < -0.39 is 5.97 Å². The number of nitrogens with one attached hydrogen (secondary N) is 1. The van der Waals surface area contributed by atoms with E-state index in [0.717, 1.165) is 12.0 Å². The standard InChI is InChI=1S/C20H23NO4/c1-3-15(2)21-19(22)14-25-20(23)17-9-11-18(12-10-17)24-13-16-7-5-4-6-8-16/h4-12,15H,3,13-14H2,1-2H3,(H,21,22)/t15-/m0/s1. The number of benzene rings is 2. The van der Waals surface area contributed by atoms with Crippen molar-refractivity contribution in [2.24, 2.45) is 0 Å². The lowest BCUT2D eigenvalue weighted by molar-refractivity contribution is -0.124. The molecular formula is C20H23NO4. The van der Waals surface area contributed by atoms with Gasteiger partial charge in [-0.2, -0.15) is 0 Å². The highest BCUT2D eigenvalue weighted by Crippen LogP contribution is 2.15. The second-order valence-corrected chi connectivity index (χ2v) is 5.75. The van der Waals surface area contributed by atoms with Gasteiger partial charge in [0.25, 0.3) is 5.91 Å². The third kappa shape index (κ3) is 6.30. The van der Waals surface area contributed by atoms with Crippen LogP contribution in [-0.4, -0.2) is 24.5 Å². The largest absolute Gasteiger partial charge is 0.489 e. The van der Waals surface area contributed by atoms with Gasteiger partial charge >= 0.3 is 5.97 Å². The van der Waals surface area contributed by atoms with Gasteiger partial charge < -0.3 is 14.8 Å². The molecule has 0 aliphatic carbocycles. The van der Waals surface area contributed by atoms with Crippen molar-refractivity contribution in [1.29, 1.82) is 0 Å². The van der Waals surface area contributed by atoms with Gasteiger partial charge in [0, 0.05) is 6.04 Å². The quantitative estimate of drug-likeness (QED) is 0.748. The van der Waals surface area contributed by atoms with Crippen LogP contribution in [0.2, 0.25) is 0 Å². The van der Waals surface area contributed by atoms with Crippen LogP contribution in [0, 0.1) is 0 Å². The highest BCUT2D eigenvalue weighted by Gasteiger charge is 2.11. The normalized spacial score (nSPS) is 11.4. The Labute approximate surface area is 148 Å². The summed E-state index contributed by atoms with van der Waals surface area (Å²) in [5.74, 6) is -0.172. The van der Waals surface area contributed by atoms with Gasteiger partial charge in [-0.25, -0.2) is 4.79 Å². The molecule has 1 N–H and O–H groups in total. The van der Waals surface area contributed by atoms with Crippen LogP contribution in [0.25, 0.3) is 0 Å². The van der Waals surface area contributed by atoms with Crippen molar-refractivity contribution < 1.29 is 19.1 Å². The molecule has 2 aromatic carbocycles. The number of esters is 1. The molecule has 2 rings (SSSR count). The van der Waals surface area contributed by atoms with Crippen molar-refractivity contribution in [3.05, 3.63) is 65.7 Å². The Morgan fingerprint density at radius 1 is 1.04 bits per heavy atom. The molecule has 0 bridgehead atoms. The molecule has 25 heavy (non-hydrogen) atoms. The maximum absolute atomic E-state index is 12.0. The van der Waals surface area contributed by atoms with Crippen LogP contribution < -0.4 is 10.1 Å². The zero-order valence-electron chi connectivity index (χ0n) is 14.5. The first-order valence-corrected chi connectivity index (χ1v) is 8.31. The Hall–Kier alpha value is -2.82. The third-order valence-electron chi connectivity index (χ3n) is 3.69. The summed E-state index contributed by atoms with van der Waals surface area (Å²) in [7, 11) is 0. The lowest BCUT2D eigenvalue weighted by atomic mass is 10.2. The molecular weight excluding hydrogens is 318 g/mol. The van der Waals surface area contributed by atoms with E-state index in [9.17, 15) is 9.59 Å². The number of carbonyl (C=O) groups is 2. The summed E-state index contributed by atoms with van der Waals surface area (Å²) in [6.07, 6.45) is 0.824. The number of carbonyl (C=O) groups excluding carboxylic acids is 2. The smallest absolute Gasteiger partial charge is 0.338 e. The third-order valence-corrected chi connectivity index (χ3v) is 3.69. The molecule has 0 spiro atoms. The lowest BCUT2D eigenvalue weighted by Crippen LogP contribution is -2.35. The van der Waals surface area contributed by atoms with Gasteiger partial charge in [-0.05, 0) is 43.2 Å². The maximum Gasteiger partial charge on any atom is 0.338 e. The van der Waals surface area contributed by atoms with Crippen LogP contribution in [0.15, 0.2) is 54.6 Å². The minimum absolute atomic E-state index is 0.0623. The molecule has 0 aliphatic rings. The molecule has 0 aliphatic heterocycles. The van der Waals surface area contributed by atoms with E-state index in [4.69, 9.17) is 9.47 Å². The molecule has 0 heterocycles. The maximum atomic E-state index is 12.0. The highest BCUT2D eigenvalue weighted by atomic mass is 16.5. The number of hydrogen-bond donors (Lipinski definition) is 1. The molecule has 5 nitrogen and oxygen atoms in total. The van der Waals surface area contributed by atoms with E-state index in [1.54, 1.807) is 24.3 Å². The number of amides is 1. The van der Waals surface area contributed by atoms with Crippen molar-refractivity contribution in [2.75, 3.05) is 6.61 Å². The molecule has 1 amide bonds. The number of rotatable bonds is 8. The van der Waals surface area contributed by atoms with Gasteiger partial charge in [0.05, 0.1) is 5.56 Å². The zero-order chi connectivity index (χ0) is 18.1. The summed E-state index contributed by atoms with van der Waals surface area (Å²) in [5, 5.41) is 2.74. The van der Waals surface area contributed by atoms with Crippen LogP contribution in [0.1, 0.15) is 36.2 Å². The van der Waals surface area contributed by atoms with Gasteiger partial charge in [-0.3, -0.25) is 4.79 Å². The van der Waals surface area contributed by atoms with Crippen molar-refractivity contribution in [2.45, 2.75) is 32.9 Å². The van der Waals surface area contributed by atoms with Crippen molar-refractivity contribution in [3.8, 4) is 5.75 Å². The highest BCUT2D eigenvalue weighted by molar-refractivity contribution is 5.91. The first-order chi connectivity index (χ1) is 12.1. The molecule has 0 aromatic heterocycles. The molecule has 2 aromatic rings. The molecule has 0 radical (unpaired) electrons. The minimum atomic E-state index is -0.533. The van der Waals surface area contributed by atoms with Crippen molar-refractivity contribution in [1.82, 2.24) is 5.32 Å². The predicted molar refractivity (Wildman–Crippen MR) is 95.4 cm³/mol. The minimum Gasteiger partial charge on any atom is -0.489 e. The Bertz CT molecular complexity index is 683. The second kappa shape index (κ2) is 9.47. The Kier molecular flexibility index (Phi) is 7.01. The summed E-state index contributed by atoms with van der Waals surface area (Å²) in [6, 6.07) is 16.5. The molecule has 132 valence electrons. The summed E-state index contributed by atoms with van der Waals surface area (Å²) < 4.78 is 10.7. The fourth-order valence-corrected chi connectivity index (χ4v) is 2.06. The molecule has 0 saturated carbocycles. The van der Waals surface area contributed by atoms with Crippen LogP contribution >= 0.6 is 0 Å². The average molecular weight is 341 g/mol. The van der Waals surface area contributed by atoms with Crippen LogP contribution in [-0.2, 0) is 16.1 Å². The van der Waals surface area contributed by atoms with Crippen LogP contribution in [0.3, 0.4) is 0 Å². The van der Waals surface area contributed by atoms with E-state index >= 15 is 0 Å². The molecule has 5 heteroatoms. The summed E-state index contributed by atoms with van der Waals surface area (Å²) in [6.45, 7) is 4.04. The SMILES string of the molecule is CC[C@H](C)NC(=O)COC(=O)c1ccc(OCc2ccccc2)cc1. The summed E-state index contributed by atoms with van der Waals surface area (Å²) in [4.78, 5) is 23.6. The molecule has 0 saturated heterocycles. The van der Waals surface area contributed by atoms with E-state index in [0.29, 0.717) is 17.9 Å². The second-order valence-electron chi connectivity index (χ2n) is 5.75. The Morgan fingerprint density at radius 3 is 2.36 bits per heavy atom. The number of hydrogen-bond acceptors (Lipinski definition) is 4. The van der Waals surface area contributed by atoms with Crippen molar-refractivity contribution >= 4 is 11.9 Å². The van der Waals surface area contributed by atoms with Crippen LogP contribution in [0.5, 0.6) is 5.75 Å². The fraction of sp³-hybridized carbons (Fsp3) is 0.300. The first-order valence-electron chi connectivity index (χ1n) is 8.31. The topological polar surface area (TPSA) is 64.6 Å². The van der Waals surface area contributed by atoms with Crippen molar-refractivity contribution in [3.63, 3.8) is 0 Å². The van der Waals surface area contributed by atoms with Gasteiger partial charge in [0.15, 0.2) is 6.61 Å². The zero-order valence-corrected chi connectivity index (χ0v) is 14.5. The summed E-state index contributed by atoms with van der Waals surface area (Å²) in [5.41, 5.74) is 1.45. The monoisotopic (exact) mass is 341 g/mol. The molecule has 0 unspecified atom stereocenters. The number of ether oxygens (including phenoxy) is 2. The lowest BCUT2D eigenvalue weighted by Gasteiger charge is -2.11. The van der Waals surface area contributed by atoms with E-state index in [1.807, 2.05) is 44.2 Å². The van der Waals surface area contributed by atoms with Gasteiger partial charge in [0.1, 0.15) is 12.4 Å². The van der Waals surface area contributed by atoms with E-state index in [2.05, 4.69) is 5.32 Å². The van der Waals surface area contributed by atoms with Gasteiger partial charge in [-0.15, -0.1) is 0 Å². The predicted octanol–water partition coefficient (Wildman–Crippen LogP) is 3.34. The molecule has 1 atom stereocenters. The van der Waals surface area contributed by atoms with Gasteiger partial charge in [-0.1, -0.05) is 37.3 Å². The average Bonchev–Trinajstić information content (AvgIpc) is 2.65. The van der Waals surface area contributed by atoms with E-state index in [-0.39, 0.29) is 18.6 Å².